The van der Waals surface area contributed by atoms with E-state index in [4.69, 9.17) is 15.0 Å². The van der Waals surface area contributed by atoms with Gasteiger partial charge in [-0.3, -0.25) is 9.71 Å². The topological polar surface area (TPSA) is 140 Å². The number of nitrogens with zero attached hydrogens (tertiary/aromatic N) is 4. The van der Waals surface area contributed by atoms with Gasteiger partial charge in [-0.2, -0.15) is 0 Å². The molecule has 1 aliphatic heterocycles. The highest BCUT2D eigenvalue weighted by atomic mass is 32.2. The lowest BCUT2D eigenvalue weighted by Crippen LogP contribution is -2.33. The molecule has 2 aromatic rings. The lowest BCUT2D eigenvalue weighted by Gasteiger charge is -2.16. The Balaban J connectivity index is 2.03. The summed E-state index contributed by atoms with van der Waals surface area (Å²) in [7, 11) is 0. The number of rotatable bonds is 3. The van der Waals surface area contributed by atoms with Crippen LogP contribution in [0, 0.1) is 0 Å². The van der Waals surface area contributed by atoms with Crippen molar-refractivity contribution in [3.63, 3.8) is 0 Å². The van der Waals surface area contributed by atoms with Crippen LogP contribution in [0.5, 0.6) is 0 Å². The molecule has 1 fully saturated rings. The Labute approximate surface area is 117 Å². The summed E-state index contributed by atoms with van der Waals surface area (Å²) in [5.41, 5.74) is 0.917. The zero-order chi connectivity index (χ0) is 14.3. The summed E-state index contributed by atoms with van der Waals surface area (Å²) >= 11 is 0.941. The Morgan fingerprint density at radius 3 is 2.75 bits per heavy atom. The van der Waals surface area contributed by atoms with Gasteiger partial charge < -0.3 is 20.1 Å². The Hall–Kier alpha value is -1.30. The number of aliphatic hydroxyl groups excluding tert-OH is 3. The van der Waals surface area contributed by atoms with Gasteiger partial charge in [0, 0.05) is 0 Å². The van der Waals surface area contributed by atoms with Crippen LogP contribution in [0.4, 0.5) is 0 Å². The van der Waals surface area contributed by atoms with E-state index in [2.05, 4.69) is 15.0 Å². The van der Waals surface area contributed by atoms with Crippen LogP contribution in [-0.2, 0) is 4.74 Å². The van der Waals surface area contributed by atoms with Crippen molar-refractivity contribution in [2.75, 3.05) is 6.61 Å². The molecule has 3 rings (SSSR count). The van der Waals surface area contributed by atoms with Gasteiger partial charge in [-0.1, -0.05) is 0 Å². The Kier molecular flexibility index (Phi) is 3.58. The van der Waals surface area contributed by atoms with Crippen molar-refractivity contribution in [3.05, 3.63) is 12.7 Å². The molecule has 20 heavy (non-hydrogen) atoms. The molecule has 1 aliphatic rings. The van der Waals surface area contributed by atoms with Crippen molar-refractivity contribution < 1.29 is 20.1 Å². The Morgan fingerprint density at radius 2 is 2.10 bits per heavy atom. The van der Waals surface area contributed by atoms with Crippen molar-refractivity contribution in [2.45, 2.75) is 29.6 Å². The highest BCUT2D eigenvalue weighted by molar-refractivity contribution is 7.97. The maximum atomic E-state index is 10.0. The van der Waals surface area contributed by atoms with Gasteiger partial charge in [-0.25, -0.2) is 15.0 Å². The van der Waals surface area contributed by atoms with E-state index in [0.29, 0.717) is 16.2 Å². The molecule has 0 amide bonds. The SMILES string of the molecule is NSc1ncnc2c1ncn2[C@@H]1O[C@H](CO)[C@@H](O)[C@@H]1O. The molecule has 5 N–H and O–H groups in total. The summed E-state index contributed by atoms with van der Waals surface area (Å²) in [6.07, 6.45) is -1.33. The summed E-state index contributed by atoms with van der Waals surface area (Å²) in [4.78, 5) is 12.2. The molecular formula is C10H13N5O4S. The Bertz CT molecular complexity index is 623. The Morgan fingerprint density at radius 1 is 1.30 bits per heavy atom. The highest BCUT2D eigenvalue weighted by Gasteiger charge is 2.43. The first-order valence-corrected chi connectivity index (χ1v) is 6.72. The molecule has 108 valence electrons. The van der Waals surface area contributed by atoms with Crippen LogP contribution in [0.15, 0.2) is 17.7 Å². The third kappa shape index (κ3) is 1.97. The van der Waals surface area contributed by atoms with E-state index in [1.165, 1.54) is 17.2 Å². The lowest BCUT2D eigenvalue weighted by atomic mass is 10.1. The number of aliphatic hydroxyl groups is 3. The molecule has 0 unspecified atom stereocenters. The van der Waals surface area contributed by atoms with Crippen molar-refractivity contribution in [3.8, 4) is 0 Å². The van der Waals surface area contributed by atoms with E-state index in [1.54, 1.807) is 0 Å². The van der Waals surface area contributed by atoms with E-state index in [0.717, 1.165) is 11.9 Å². The van der Waals surface area contributed by atoms with Gasteiger partial charge >= 0.3 is 0 Å². The summed E-state index contributed by atoms with van der Waals surface area (Å²) in [5, 5.41) is 34.9. The fourth-order valence-electron chi connectivity index (χ4n) is 2.21. The lowest BCUT2D eigenvalue weighted by molar-refractivity contribution is -0.0511. The maximum Gasteiger partial charge on any atom is 0.166 e. The van der Waals surface area contributed by atoms with Gasteiger partial charge in [0.25, 0.3) is 0 Å². The van der Waals surface area contributed by atoms with Crippen LogP contribution in [0.1, 0.15) is 6.23 Å². The number of imidazole rings is 1. The summed E-state index contributed by atoms with van der Waals surface area (Å²) in [5.74, 6) is 0. The molecule has 0 aliphatic carbocycles. The van der Waals surface area contributed by atoms with Crippen LogP contribution in [0.25, 0.3) is 11.2 Å². The number of hydrogen-bond acceptors (Lipinski definition) is 9. The third-order valence-corrected chi connectivity index (χ3v) is 3.75. The van der Waals surface area contributed by atoms with Crippen LogP contribution >= 0.6 is 11.9 Å². The zero-order valence-corrected chi connectivity index (χ0v) is 11.0. The van der Waals surface area contributed by atoms with Crippen LogP contribution in [0.3, 0.4) is 0 Å². The predicted molar refractivity (Wildman–Crippen MR) is 68.4 cm³/mol. The number of ether oxygens (including phenoxy) is 1. The average molecular weight is 299 g/mol. The fraction of sp³-hybridized carbons (Fsp3) is 0.500. The van der Waals surface area contributed by atoms with Crippen LogP contribution in [-0.4, -0.2) is 59.8 Å². The molecule has 2 aromatic heterocycles. The second-order valence-corrected chi connectivity index (χ2v) is 4.97. The minimum Gasteiger partial charge on any atom is -0.394 e. The normalized spacial score (nSPS) is 30.2. The van der Waals surface area contributed by atoms with Gasteiger partial charge in [0.15, 0.2) is 11.9 Å². The van der Waals surface area contributed by atoms with E-state index < -0.39 is 24.5 Å². The van der Waals surface area contributed by atoms with Gasteiger partial charge in [-0.15, -0.1) is 0 Å². The van der Waals surface area contributed by atoms with E-state index in [9.17, 15) is 10.2 Å². The van der Waals surface area contributed by atoms with Gasteiger partial charge in [0.2, 0.25) is 0 Å². The quantitative estimate of drug-likeness (QED) is 0.390. The van der Waals surface area contributed by atoms with Gasteiger partial charge in [0.1, 0.15) is 35.2 Å². The molecule has 9 nitrogen and oxygen atoms in total. The largest absolute Gasteiger partial charge is 0.394 e. The smallest absolute Gasteiger partial charge is 0.166 e. The second kappa shape index (κ2) is 5.24. The van der Waals surface area contributed by atoms with Crippen molar-refractivity contribution in [1.29, 1.82) is 0 Å². The molecule has 3 heterocycles. The molecule has 0 radical (unpaired) electrons. The summed E-state index contributed by atoms with van der Waals surface area (Å²) in [6.45, 7) is -0.389. The van der Waals surface area contributed by atoms with Gasteiger partial charge in [0.05, 0.1) is 12.9 Å². The minimum atomic E-state index is -1.19. The molecule has 0 bridgehead atoms. The number of aromatic nitrogens is 4. The highest BCUT2D eigenvalue weighted by Crippen LogP contribution is 2.32. The number of hydrogen-bond donors (Lipinski definition) is 4. The fourth-order valence-corrected chi connectivity index (χ4v) is 2.58. The predicted octanol–water partition coefficient (Wildman–Crippen LogP) is -1.60. The minimum absolute atomic E-state index is 0.389. The first-order chi connectivity index (χ1) is 9.67. The first-order valence-electron chi connectivity index (χ1n) is 5.84. The zero-order valence-electron chi connectivity index (χ0n) is 10.2. The summed E-state index contributed by atoms with van der Waals surface area (Å²) < 4.78 is 6.92. The molecular weight excluding hydrogens is 286 g/mol. The second-order valence-electron chi connectivity index (χ2n) is 4.35. The third-order valence-electron chi connectivity index (χ3n) is 3.23. The standard InChI is InChI=1S/C10H13N5O4S/c11-20-9-5-8(12-2-13-9)15(3-14-5)10-7(18)6(17)4(1-16)19-10/h2-4,6-7,10,16-18H,1,11H2/t4-,6-,7+,10-/m1/s1. The van der Waals surface area contributed by atoms with Gasteiger partial charge in [-0.05, 0) is 11.9 Å². The maximum absolute atomic E-state index is 10.0. The molecule has 4 atom stereocenters. The number of nitrogens with two attached hydrogens (primary N) is 1. The monoisotopic (exact) mass is 299 g/mol. The van der Waals surface area contributed by atoms with Crippen molar-refractivity contribution in [2.24, 2.45) is 5.14 Å². The van der Waals surface area contributed by atoms with E-state index >= 15 is 0 Å². The van der Waals surface area contributed by atoms with Crippen molar-refractivity contribution in [1.82, 2.24) is 19.5 Å². The van der Waals surface area contributed by atoms with E-state index in [-0.39, 0.29) is 6.61 Å². The first kappa shape index (κ1) is 13.7. The molecule has 10 heteroatoms. The average Bonchev–Trinajstić information content (AvgIpc) is 3.01. The van der Waals surface area contributed by atoms with Crippen LogP contribution in [0.2, 0.25) is 0 Å². The molecule has 0 saturated carbocycles. The summed E-state index contributed by atoms with van der Waals surface area (Å²) in [6, 6.07) is 0. The van der Waals surface area contributed by atoms with Crippen molar-refractivity contribution >= 4 is 23.1 Å². The number of fused-ring (bicyclic) bond motifs is 1. The molecule has 0 spiro atoms. The van der Waals surface area contributed by atoms with E-state index in [1.807, 2.05) is 0 Å². The molecule has 1 saturated heterocycles. The molecule has 0 aromatic carbocycles. The van der Waals surface area contributed by atoms with Crippen LogP contribution < -0.4 is 5.14 Å².